The van der Waals surface area contributed by atoms with Crippen LogP contribution in [-0.2, 0) is 7.05 Å². The van der Waals surface area contributed by atoms with Crippen LogP contribution >= 0.6 is 47.2 Å². The zero-order valence-corrected chi connectivity index (χ0v) is 14.9. The van der Waals surface area contributed by atoms with Crippen LogP contribution < -0.4 is 0 Å². The summed E-state index contributed by atoms with van der Waals surface area (Å²) in [5.74, 6) is 0. The van der Waals surface area contributed by atoms with Crippen molar-refractivity contribution in [3.05, 3.63) is 52.5 Å². The van der Waals surface area contributed by atoms with Crippen molar-refractivity contribution in [3.63, 3.8) is 0 Å². The second kappa shape index (κ2) is 5.30. The molecular weight excluding hydrogens is 418 g/mol. The Morgan fingerprint density at radius 3 is 2.57 bits per heavy atom. The van der Waals surface area contributed by atoms with Crippen molar-refractivity contribution < 1.29 is 0 Å². The van der Waals surface area contributed by atoms with Crippen molar-refractivity contribution in [2.24, 2.45) is 7.05 Å². The van der Waals surface area contributed by atoms with E-state index < -0.39 is 0 Å². The summed E-state index contributed by atoms with van der Waals surface area (Å²) in [6.07, 6.45) is 0. The fraction of sp³-hybridized carbons (Fsp3) is 0.0625. The van der Waals surface area contributed by atoms with Crippen molar-refractivity contribution in [1.29, 1.82) is 0 Å². The van der Waals surface area contributed by atoms with E-state index in [-0.39, 0.29) is 24.0 Å². The lowest BCUT2D eigenvalue weighted by Crippen LogP contribution is -1.99. The monoisotopic (exact) mass is 428 g/mol. The lowest BCUT2D eigenvalue weighted by atomic mass is 10.1. The summed E-state index contributed by atoms with van der Waals surface area (Å²) in [6, 6.07) is 14.0. The fourth-order valence-electron chi connectivity index (χ4n) is 2.79. The van der Waals surface area contributed by atoms with Crippen LogP contribution in [0.15, 0.2) is 42.5 Å². The van der Waals surface area contributed by atoms with Gasteiger partial charge in [-0.05, 0) is 24.3 Å². The third kappa shape index (κ3) is 2.10. The molecule has 2 aromatic carbocycles. The Labute approximate surface area is 149 Å². The number of hydrogen-bond donors (Lipinski definition) is 0. The second-order valence-corrected chi connectivity index (χ2v) is 5.65. The third-order valence-corrected chi connectivity index (χ3v) is 4.55. The van der Waals surface area contributed by atoms with Crippen LogP contribution in [0.25, 0.3) is 33.2 Å². The number of rotatable bonds is 0. The molecular formula is C16H11Cl2IN2. The van der Waals surface area contributed by atoms with Gasteiger partial charge >= 0.3 is 0 Å². The van der Waals surface area contributed by atoms with E-state index in [0.717, 1.165) is 33.2 Å². The molecule has 0 spiro atoms. The molecule has 0 N–H and O–H groups in total. The molecule has 0 saturated carbocycles. The van der Waals surface area contributed by atoms with Gasteiger partial charge in [0.2, 0.25) is 0 Å². The molecule has 0 aromatic heterocycles. The van der Waals surface area contributed by atoms with E-state index in [0.29, 0.717) is 10.0 Å². The van der Waals surface area contributed by atoms with Gasteiger partial charge in [-0.15, -0.1) is 24.0 Å². The Bertz CT molecular complexity index is 946. The Hall–Kier alpha value is -1.04. The minimum absolute atomic E-state index is 0. The van der Waals surface area contributed by atoms with Crippen molar-refractivity contribution in [2.45, 2.75) is 0 Å². The smallest absolute Gasteiger partial charge is 0.0888 e. The van der Waals surface area contributed by atoms with Gasteiger partial charge < -0.3 is 4.57 Å². The van der Waals surface area contributed by atoms with Gasteiger partial charge in [-0.1, -0.05) is 41.4 Å². The summed E-state index contributed by atoms with van der Waals surface area (Å²) < 4.78 is 2.13. The van der Waals surface area contributed by atoms with E-state index in [1.165, 1.54) is 0 Å². The molecule has 0 fully saturated rings. The van der Waals surface area contributed by atoms with Gasteiger partial charge in [0.15, 0.2) is 0 Å². The maximum atomic E-state index is 6.32. The third-order valence-electron chi connectivity index (χ3n) is 3.73. The first kappa shape index (κ1) is 14.9. The molecule has 0 aliphatic carbocycles. The molecule has 2 nitrogen and oxygen atoms in total. The molecule has 0 bridgehead atoms. The SMILES string of the molecule is Cn1c2c3ccccc3nc-2cc2c(Cl)c(Cl)ccc21.I. The van der Waals surface area contributed by atoms with Crippen LogP contribution in [0.4, 0.5) is 0 Å². The highest BCUT2D eigenvalue weighted by molar-refractivity contribution is 14.0. The highest BCUT2D eigenvalue weighted by atomic mass is 127. The highest BCUT2D eigenvalue weighted by Crippen LogP contribution is 2.38. The van der Waals surface area contributed by atoms with Crippen molar-refractivity contribution in [2.75, 3.05) is 0 Å². The van der Waals surface area contributed by atoms with Crippen molar-refractivity contribution in [1.82, 2.24) is 9.55 Å². The van der Waals surface area contributed by atoms with Crippen molar-refractivity contribution in [3.8, 4) is 11.4 Å². The fourth-order valence-corrected chi connectivity index (χ4v) is 3.17. The maximum absolute atomic E-state index is 6.32. The van der Waals surface area contributed by atoms with Crippen LogP contribution in [0.2, 0.25) is 10.0 Å². The van der Waals surface area contributed by atoms with E-state index in [1.54, 1.807) is 0 Å². The second-order valence-electron chi connectivity index (χ2n) is 4.86. The number of fused-ring (bicyclic) bond motifs is 4. The van der Waals surface area contributed by atoms with Gasteiger partial charge in [0.05, 0.1) is 26.9 Å². The summed E-state index contributed by atoms with van der Waals surface area (Å²) in [6.45, 7) is 0. The minimum Gasteiger partial charge on any atom is -0.342 e. The van der Waals surface area contributed by atoms with E-state index in [1.807, 2.05) is 43.4 Å². The summed E-state index contributed by atoms with van der Waals surface area (Å²) in [5, 5.41) is 3.22. The summed E-state index contributed by atoms with van der Waals surface area (Å²) in [7, 11) is 2.03. The zero-order chi connectivity index (χ0) is 13.9. The molecule has 4 rings (SSSR count). The lowest BCUT2D eigenvalue weighted by Gasteiger charge is -2.13. The summed E-state index contributed by atoms with van der Waals surface area (Å²) >= 11 is 12.4. The van der Waals surface area contributed by atoms with Crippen LogP contribution in [-0.4, -0.2) is 9.55 Å². The first-order valence-corrected chi connectivity index (χ1v) is 7.04. The number of aromatic nitrogens is 2. The average Bonchev–Trinajstić information content (AvgIpc) is 2.82. The van der Waals surface area contributed by atoms with E-state index in [9.17, 15) is 0 Å². The molecule has 2 aliphatic heterocycles. The zero-order valence-electron chi connectivity index (χ0n) is 11.1. The highest BCUT2D eigenvalue weighted by Gasteiger charge is 2.17. The predicted octanol–water partition coefficient (Wildman–Crippen LogP) is 5.76. The molecule has 21 heavy (non-hydrogen) atoms. The largest absolute Gasteiger partial charge is 0.342 e. The number of halogens is 3. The standard InChI is InChI=1S/C16H10Cl2N2.HI/c1-20-14-7-6-11(17)15(18)10(14)8-13-16(20)9-4-2-3-5-12(9)19-13;/h2-8H,1H3;1H. The summed E-state index contributed by atoms with van der Waals surface area (Å²) in [4.78, 5) is 4.67. The van der Waals surface area contributed by atoms with Gasteiger partial charge in [0, 0.05) is 23.3 Å². The van der Waals surface area contributed by atoms with Gasteiger partial charge in [-0.3, -0.25) is 0 Å². The molecule has 0 saturated heterocycles. The van der Waals surface area contributed by atoms with Crippen LogP contribution in [0.1, 0.15) is 0 Å². The Balaban J connectivity index is 0.00000132. The van der Waals surface area contributed by atoms with E-state index >= 15 is 0 Å². The Kier molecular flexibility index (Phi) is 3.76. The number of aryl methyl sites for hydroxylation is 1. The molecule has 2 heterocycles. The lowest BCUT2D eigenvalue weighted by molar-refractivity contribution is 0.967. The van der Waals surface area contributed by atoms with Crippen LogP contribution in [0.3, 0.4) is 0 Å². The van der Waals surface area contributed by atoms with Crippen LogP contribution in [0, 0.1) is 0 Å². The Morgan fingerprint density at radius 1 is 1.00 bits per heavy atom. The molecule has 0 radical (unpaired) electrons. The first-order chi connectivity index (χ1) is 9.66. The summed E-state index contributed by atoms with van der Waals surface area (Å²) in [5.41, 5.74) is 4.09. The van der Waals surface area contributed by atoms with Crippen molar-refractivity contribution >= 4 is 69.0 Å². The number of hydrogen-bond acceptors (Lipinski definition) is 1. The molecule has 0 amide bonds. The molecule has 0 atom stereocenters. The maximum Gasteiger partial charge on any atom is 0.0888 e. The number of pyridine rings is 1. The number of para-hydroxylation sites is 1. The quantitative estimate of drug-likeness (QED) is 0.326. The van der Waals surface area contributed by atoms with Gasteiger partial charge in [0.1, 0.15) is 0 Å². The molecule has 0 unspecified atom stereocenters. The average molecular weight is 429 g/mol. The predicted molar refractivity (Wildman–Crippen MR) is 100 cm³/mol. The number of nitrogens with zero attached hydrogens (tertiary/aromatic N) is 2. The van der Waals surface area contributed by atoms with E-state index in [2.05, 4.69) is 15.6 Å². The number of benzene rings is 2. The first-order valence-electron chi connectivity index (χ1n) is 6.28. The molecule has 5 heteroatoms. The van der Waals surface area contributed by atoms with E-state index in [4.69, 9.17) is 23.2 Å². The van der Waals surface area contributed by atoms with Gasteiger partial charge in [0.25, 0.3) is 0 Å². The molecule has 2 aliphatic rings. The molecule has 106 valence electrons. The van der Waals surface area contributed by atoms with Crippen LogP contribution in [0.5, 0.6) is 0 Å². The van der Waals surface area contributed by atoms with Gasteiger partial charge in [-0.25, -0.2) is 4.98 Å². The molecule has 2 aromatic rings. The topological polar surface area (TPSA) is 17.8 Å². The Morgan fingerprint density at radius 2 is 1.76 bits per heavy atom. The van der Waals surface area contributed by atoms with Gasteiger partial charge in [-0.2, -0.15) is 0 Å². The minimum atomic E-state index is 0. The normalized spacial score (nSPS) is 11.2.